The second-order valence-electron chi connectivity index (χ2n) is 17.7. The minimum absolute atomic E-state index is 0.0472. The number of nitrogens with zero attached hydrogens (tertiary/aromatic N) is 7. The zero-order valence-corrected chi connectivity index (χ0v) is 34.5. The molecule has 314 valence electrons. The molecule has 3 saturated heterocycles. The quantitative estimate of drug-likeness (QED) is 0.176. The number of halogens is 2. The second-order valence-corrected chi connectivity index (χ2v) is 18.1. The Kier molecular flexibility index (Phi) is 9.84. The van der Waals surface area contributed by atoms with Gasteiger partial charge >= 0.3 is 6.03 Å². The van der Waals surface area contributed by atoms with Gasteiger partial charge in [-0.05, 0) is 98.9 Å². The van der Waals surface area contributed by atoms with Crippen molar-refractivity contribution in [2.45, 2.75) is 76.4 Å². The van der Waals surface area contributed by atoms with E-state index in [1.165, 1.54) is 54.5 Å². The Morgan fingerprint density at radius 3 is 2.42 bits per heavy atom. The van der Waals surface area contributed by atoms with Crippen LogP contribution in [0.4, 0.5) is 37.8 Å². The summed E-state index contributed by atoms with van der Waals surface area (Å²) in [5, 5.41) is 13.6. The summed E-state index contributed by atoms with van der Waals surface area (Å²) in [5.74, 6) is 1.43. The number of urea groups is 1. The molecular weight excluding hydrogens is 787 g/mol. The molecule has 5 amide bonds. The zero-order valence-electron chi connectivity index (χ0n) is 33.8. The summed E-state index contributed by atoms with van der Waals surface area (Å²) in [7, 11) is 1.83. The molecule has 2 aromatic heterocycles. The van der Waals surface area contributed by atoms with Gasteiger partial charge in [0.2, 0.25) is 5.91 Å². The Labute approximate surface area is 352 Å². The number of piperidine rings is 2. The summed E-state index contributed by atoms with van der Waals surface area (Å²) in [6.45, 7) is 4.52. The highest BCUT2D eigenvalue weighted by Gasteiger charge is 2.47. The first-order valence-electron chi connectivity index (χ1n) is 21.4. The maximum atomic E-state index is 13.6. The van der Waals surface area contributed by atoms with Crippen LogP contribution in [0.1, 0.15) is 84.2 Å². The third-order valence-electron chi connectivity index (χ3n) is 14.0. The predicted octanol–water partition coefficient (Wildman–Crippen LogP) is 6.34. The monoisotopic (exact) mass is 836 g/mol. The van der Waals surface area contributed by atoms with Crippen molar-refractivity contribution in [2.75, 3.05) is 66.3 Å². The molecule has 5 fully saturated rings. The summed E-state index contributed by atoms with van der Waals surface area (Å²) < 4.78 is 15.1. The van der Waals surface area contributed by atoms with E-state index in [-0.39, 0.29) is 36.4 Å². The Bertz CT molecular complexity index is 2380. The molecule has 14 nitrogen and oxygen atoms in total. The summed E-state index contributed by atoms with van der Waals surface area (Å²) in [6.07, 6.45) is 10.1. The summed E-state index contributed by atoms with van der Waals surface area (Å²) in [5.41, 5.74) is 6.61. The van der Waals surface area contributed by atoms with Crippen LogP contribution in [0.25, 0.3) is 5.65 Å². The number of amides is 5. The van der Waals surface area contributed by atoms with Crippen molar-refractivity contribution in [1.82, 2.24) is 30.1 Å². The van der Waals surface area contributed by atoms with E-state index >= 15 is 0 Å². The molecule has 6 heterocycles. The largest absolute Gasteiger partial charge is 0.385 e. The highest BCUT2D eigenvalue weighted by molar-refractivity contribution is 6.34. The van der Waals surface area contributed by atoms with Gasteiger partial charge in [0.25, 0.3) is 11.8 Å². The van der Waals surface area contributed by atoms with Crippen LogP contribution in [-0.2, 0) is 11.2 Å². The molecule has 0 unspecified atom stereocenters. The van der Waals surface area contributed by atoms with Gasteiger partial charge in [-0.25, -0.2) is 18.7 Å². The third-order valence-corrected chi connectivity index (χ3v) is 14.3. The first-order chi connectivity index (χ1) is 29.1. The van der Waals surface area contributed by atoms with Crippen LogP contribution in [-0.4, -0.2) is 102 Å². The average Bonchev–Trinajstić information content (AvgIpc) is 3.55. The van der Waals surface area contributed by atoms with Crippen LogP contribution in [0.2, 0.25) is 5.02 Å². The number of carbonyl (C=O) groups excluding carboxylic acids is 4. The van der Waals surface area contributed by atoms with Gasteiger partial charge in [0.05, 0.1) is 28.6 Å². The van der Waals surface area contributed by atoms with Crippen LogP contribution in [0.15, 0.2) is 48.7 Å². The Morgan fingerprint density at radius 2 is 1.68 bits per heavy atom. The smallest absolute Gasteiger partial charge is 0.328 e. The maximum absolute atomic E-state index is 13.6. The van der Waals surface area contributed by atoms with Gasteiger partial charge in [0.1, 0.15) is 6.17 Å². The first kappa shape index (κ1) is 38.7. The van der Waals surface area contributed by atoms with Crippen LogP contribution in [0.3, 0.4) is 0 Å². The van der Waals surface area contributed by atoms with Crippen LogP contribution in [0.5, 0.6) is 0 Å². The lowest BCUT2D eigenvalue weighted by Gasteiger charge is -2.53. The van der Waals surface area contributed by atoms with Crippen molar-refractivity contribution in [2.24, 2.45) is 17.3 Å². The maximum Gasteiger partial charge on any atom is 0.328 e. The molecule has 60 heavy (non-hydrogen) atoms. The van der Waals surface area contributed by atoms with E-state index in [1.807, 2.05) is 18.0 Å². The van der Waals surface area contributed by atoms with Crippen molar-refractivity contribution in [1.29, 1.82) is 0 Å². The number of nitrogens with one attached hydrogen (secondary N) is 3. The molecule has 16 heteroatoms. The van der Waals surface area contributed by atoms with E-state index in [1.54, 1.807) is 22.7 Å². The number of imidazole rings is 1. The van der Waals surface area contributed by atoms with Gasteiger partial charge in [0.15, 0.2) is 17.2 Å². The van der Waals surface area contributed by atoms with Crippen molar-refractivity contribution < 1.29 is 23.6 Å². The topological polar surface area (TPSA) is 148 Å². The van der Waals surface area contributed by atoms with E-state index in [2.05, 4.69) is 48.9 Å². The molecule has 6 aliphatic rings. The van der Waals surface area contributed by atoms with Crippen LogP contribution in [0, 0.1) is 17.3 Å². The summed E-state index contributed by atoms with van der Waals surface area (Å²) in [6, 6.07) is 12.6. The fourth-order valence-electron chi connectivity index (χ4n) is 10.6. The number of fused-ring (bicyclic) bond motifs is 2. The van der Waals surface area contributed by atoms with Gasteiger partial charge < -0.3 is 25.3 Å². The van der Waals surface area contributed by atoms with Gasteiger partial charge in [-0.15, -0.1) is 5.10 Å². The average molecular weight is 837 g/mol. The molecule has 2 aliphatic carbocycles. The van der Waals surface area contributed by atoms with Crippen molar-refractivity contribution in [3.8, 4) is 0 Å². The van der Waals surface area contributed by atoms with E-state index in [0.29, 0.717) is 39.7 Å². The number of anilines is 5. The van der Waals surface area contributed by atoms with Gasteiger partial charge in [-0.3, -0.25) is 24.6 Å². The minimum Gasteiger partial charge on any atom is -0.385 e. The molecule has 2 atom stereocenters. The third kappa shape index (κ3) is 7.07. The fourth-order valence-corrected chi connectivity index (χ4v) is 10.8. The number of benzene rings is 2. The lowest BCUT2D eigenvalue weighted by Crippen LogP contribution is -2.50. The van der Waals surface area contributed by atoms with Crippen LogP contribution >= 0.6 is 11.6 Å². The Hall–Kier alpha value is -5.44. The second kappa shape index (κ2) is 15.2. The highest BCUT2D eigenvalue weighted by atomic mass is 35.5. The minimum atomic E-state index is -0.994. The number of imide groups is 1. The number of alkyl halides is 1. The molecule has 4 aromatic rings. The summed E-state index contributed by atoms with van der Waals surface area (Å²) in [4.78, 5) is 63.3. The van der Waals surface area contributed by atoms with Crippen molar-refractivity contribution in [3.63, 3.8) is 0 Å². The molecule has 4 aliphatic heterocycles. The number of hydrogen-bond acceptors (Lipinski definition) is 9. The molecule has 2 saturated carbocycles. The number of carbonyl (C=O) groups is 4. The molecule has 1 spiro atoms. The molecule has 2 aromatic carbocycles. The SMILES string of the molecule is CNc1cc(N2CCc3c(N4CCC(CC5CC6(CCN(C(=O)c7ccc(Cl)c(N8CCC(=O)NC8=O)c7)CC6)C5)CC4)cccc32)nn2c(C(=O)N[C@@H]3C[C@@H]3F)cnc12. The number of rotatable bonds is 9. The predicted molar refractivity (Wildman–Crippen MR) is 227 cm³/mol. The van der Waals surface area contributed by atoms with Gasteiger partial charge in [-0.2, -0.15) is 0 Å². The lowest BCUT2D eigenvalue weighted by atomic mass is 9.55. The number of aromatic nitrogens is 3. The Morgan fingerprint density at radius 1 is 0.933 bits per heavy atom. The van der Waals surface area contributed by atoms with Crippen molar-refractivity contribution >= 4 is 69.6 Å². The van der Waals surface area contributed by atoms with Crippen LogP contribution < -0.4 is 30.7 Å². The number of hydrogen-bond donors (Lipinski definition) is 3. The summed E-state index contributed by atoms with van der Waals surface area (Å²) >= 11 is 6.43. The molecule has 0 bridgehead atoms. The van der Waals surface area contributed by atoms with Crippen molar-refractivity contribution in [3.05, 3.63) is 70.5 Å². The Balaban J connectivity index is 0.727. The molecule has 3 N–H and O–H groups in total. The molecule has 0 radical (unpaired) electrons. The normalized spacial score (nSPS) is 22.9. The standard InChI is InChI=1S/C44H50ClFN10O4/c1-47-33-22-38(51-56-37(25-48-40(33)56)41(58)49-32-21-31(32)46)54-15-9-29-34(3-2-4-35(29)54)52-13-7-26(8-14-52)19-27-23-44(24-27)11-17-53(18-12-44)42(59)28-5-6-30(45)36(20-28)55-16-10-39(57)50-43(55)60/h2-6,20,22,25-27,31-32,47H,7-19,21,23-24H2,1H3,(H,49,58)(H,50,57,60)/t31-,32+/m0/s1. The zero-order chi connectivity index (χ0) is 41.3. The number of likely N-dealkylation sites (tertiary alicyclic amines) is 1. The highest BCUT2D eigenvalue weighted by Crippen LogP contribution is 2.55. The fraction of sp³-hybridized carbons (Fsp3) is 0.500. The van der Waals surface area contributed by atoms with Gasteiger partial charge in [0, 0.05) is 87.7 Å². The lowest BCUT2D eigenvalue weighted by molar-refractivity contribution is -0.120. The van der Waals surface area contributed by atoms with E-state index in [0.717, 1.165) is 75.1 Å². The van der Waals surface area contributed by atoms with E-state index < -0.39 is 18.2 Å². The molecule has 10 rings (SSSR count). The van der Waals surface area contributed by atoms with Gasteiger partial charge in [-0.1, -0.05) is 17.7 Å². The first-order valence-corrected chi connectivity index (χ1v) is 21.8. The van der Waals surface area contributed by atoms with E-state index in [9.17, 15) is 23.6 Å². The van der Waals surface area contributed by atoms with E-state index in [4.69, 9.17) is 16.7 Å². The molecular formula is C44H50ClFN10O4.